The monoisotopic (exact) mass is 191 g/mol. The van der Waals surface area contributed by atoms with Crippen LogP contribution in [0.15, 0.2) is 6.20 Å². The van der Waals surface area contributed by atoms with Crippen molar-refractivity contribution in [3.05, 3.63) is 6.20 Å². The van der Waals surface area contributed by atoms with Gasteiger partial charge in [-0.2, -0.15) is 13.6 Å². The van der Waals surface area contributed by atoms with Gasteiger partial charge in [-0.15, -0.1) is 10.2 Å². The predicted octanol–water partition coefficient (Wildman–Crippen LogP) is -1.96. The first kappa shape index (κ1) is 8.62. The molecular weight excluding hydrogens is 186 g/mol. The molecule has 1 aromatic heterocycles. The van der Waals surface area contributed by atoms with Gasteiger partial charge in [0, 0.05) is 0 Å². The molecular formula is C3H5N5O3S. The molecule has 0 saturated carbocycles. The van der Waals surface area contributed by atoms with Crippen LogP contribution in [0.3, 0.4) is 0 Å². The smallest absolute Gasteiger partial charge is 0.379 e. The van der Waals surface area contributed by atoms with Crippen LogP contribution in [0.25, 0.3) is 0 Å². The summed E-state index contributed by atoms with van der Waals surface area (Å²) in [5.74, 6) is -0.438. The van der Waals surface area contributed by atoms with Gasteiger partial charge in [0.15, 0.2) is 5.82 Å². The van der Waals surface area contributed by atoms with Crippen LogP contribution in [0, 0.1) is 0 Å². The Kier molecular flexibility index (Phi) is 2.06. The molecule has 0 aromatic carbocycles. The molecule has 1 rings (SSSR count). The van der Waals surface area contributed by atoms with E-state index >= 15 is 0 Å². The summed E-state index contributed by atoms with van der Waals surface area (Å²) in [4.78, 5) is 0. The van der Waals surface area contributed by atoms with Crippen molar-refractivity contribution in [2.24, 2.45) is 5.14 Å². The number of hydrogen-bond acceptors (Lipinski definition) is 7. The van der Waals surface area contributed by atoms with Crippen molar-refractivity contribution in [1.82, 2.24) is 15.4 Å². The van der Waals surface area contributed by atoms with Crippen LogP contribution >= 0.6 is 0 Å². The van der Waals surface area contributed by atoms with Gasteiger partial charge in [0.25, 0.3) is 0 Å². The highest BCUT2D eigenvalue weighted by atomic mass is 32.2. The highest BCUT2D eigenvalue weighted by Crippen LogP contribution is 2.15. The fraction of sp³-hybridized carbons (Fsp3) is 0. The second kappa shape index (κ2) is 2.87. The average Bonchev–Trinajstić information content (AvgIpc) is 1.91. The van der Waals surface area contributed by atoms with Crippen LogP contribution in [-0.4, -0.2) is 23.8 Å². The van der Waals surface area contributed by atoms with Gasteiger partial charge in [0.2, 0.25) is 5.75 Å². The molecule has 66 valence electrons. The summed E-state index contributed by atoms with van der Waals surface area (Å²) >= 11 is 0. The molecule has 9 heteroatoms. The summed E-state index contributed by atoms with van der Waals surface area (Å²) < 4.78 is 24.9. The summed E-state index contributed by atoms with van der Waals surface area (Å²) in [6.45, 7) is 0. The highest BCUT2D eigenvalue weighted by molar-refractivity contribution is 7.84. The maximum Gasteiger partial charge on any atom is 0.380 e. The Balaban J connectivity index is 2.98. The van der Waals surface area contributed by atoms with Gasteiger partial charge in [-0.05, 0) is 5.21 Å². The third-order valence-corrected chi connectivity index (χ3v) is 1.25. The molecule has 4 N–H and O–H groups in total. The average molecular weight is 191 g/mol. The number of nitrogens with two attached hydrogens (primary N) is 2. The lowest BCUT2D eigenvalue weighted by molar-refractivity contribution is 0.484. The normalized spacial score (nSPS) is 11.1. The van der Waals surface area contributed by atoms with Gasteiger partial charge >= 0.3 is 10.3 Å². The zero-order valence-corrected chi connectivity index (χ0v) is 6.52. The lowest BCUT2D eigenvalue weighted by atomic mass is 10.6. The molecule has 12 heavy (non-hydrogen) atoms. The molecule has 0 bridgehead atoms. The van der Waals surface area contributed by atoms with E-state index in [1.54, 1.807) is 0 Å². The molecule has 1 aromatic rings. The third kappa shape index (κ3) is 2.29. The lowest BCUT2D eigenvalue weighted by Crippen LogP contribution is -2.20. The molecule has 0 radical (unpaired) electrons. The molecule has 8 nitrogen and oxygen atoms in total. The highest BCUT2D eigenvalue weighted by Gasteiger charge is 2.09. The van der Waals surface area contributed by atoms with Crippen LogP contribution in [0.5, 0.6) is 5.75 Å². The molecule has 0 saturated heterocycles. The van der Waals surface area contributed by atoms with Gasteiger partial charge in [0.05, 0.1) is 6.20 Å². The van der Waals surface area contributed by atoms with Crippen LogP contribution in [0.4, 0.5) is 5.82 Å². The first-order chi connectivity index (χ1) is 5.49. The zero-order valence-electron chi connectivity index (χ0n) is 5.71. The Labute approximate surface area is 67.8 Å². The number of nitrogen functional groups attached to an aromatic ring is 1. The summed E-state index contributed by atoms with van der Waals surface area (Å²) in [5, 5.41) is 14.2. The van der Waals surface area contributed by atoms with Crippen LogP contribution in [0.2, 0.25) is 0 Å². The van der Waals surface area contributed by atoms with Gasteiger partial charge in [-0.25, -0.2) is 0 Å². The molecule has 0 spiro atoms. The summed E-state index contributed by atoms with van der Waals surface area (Å²) in [7, 11) is -4.09. The number of rotatable bonds is 2. The van der Waals surface area contributed by atoms with E-state index in [2.05, 4.69) is 24.7 Å². The number of nitrogens with zero attached hydrogens (tertiary/aromatic N) is 3. The second-order valence-corrected chi connectivity index (χ2v) is 2.91. The van der Waals surface area contributed by atoms with Crippen molar-refractivity contribution in [2.75, 3.05) is 5.73 Å². The van der Waals surface area contributed by atoms with Crippen LogP contribution in [0.1, 0.15) is 0 Å². The van der Waals surface area contributed by atoms with E-state index in [1.165, 1.54) is 0 Å². The number of anilines is 1. The molecule has 0 fully saturated rings. The Morgan fingerprint density at radius 1 is 1.50 bits per heavy atom. The van der Waals surface area contributed by atoms with Gasteiger partial charge in [0.1, 0.15) is 0 Å². The quantitative estimate of drug-likeness (QED) is 0.553. The summed E-state index contributed by atoms with van der Waals surface area (Å²) in [6, 6.07) is 0. The number of aromatic nitrogens is 3. The largest absolute Gasteiger partial charge is 0.380 e. The third-order valence-electron chi connectivity index (χ3n) is 0.837. The van der Waals surface area contributed by atoms with Crippen molar-refractivity contribution < 1.29 is 12.6 Å². The van der Waals surface area contributed by atoms with Crippen LogP contribution < -0.4 is 15.1 Å². The van der Waals surface area contributed by atoms with E-state index in [4.69, 9.17) is 5.73 Å². The minimum atomic E-state index is -4.09. The van der Waals surface area contributed by atoms with E-state index < -0.39 is 10.3 Å². The van der Waals surface area contributed by atoms with E-state index in [1.807, 2.05) is 0 Å². The van der Waals surface area contributed by atoms with Crippen LogP contribution in [-0.2, 0) is 10.3 Å². The maximum atomic E-state index is 10.4. The fourth-order valence-corrected chi connectivity index (χ4v) is 0.836. The SMILES string of the molecule is Nc1nnncc1OS(N)(=O)=O. The minimum absolute atomic E-state index is 0.195. The first-order valence-corrected chi connectivity index (χ1v) is 4.12. The first-order valence-electron chi connectivity index (χ1n) is 2.65. The number of hydrogen-bond donors (Lipinski definition) is 2. The van der Waals surface area contributed by atoms with E-state index in [0.717, 1.165) is 6.20 Å². The predicted molar refractivity (Wildman–Crippen MR) is 38.0 cm³/mol. The van der Waals surface area contributed by atoms with Crippen molar-refractivity contribution >= 4 is 16.1 Å². The standard InChI is InChI=1S/C3H5N5O3S/c4-3-2(1-6-8-7-3)11-12(5,9)10/h1H,(H2,4,6,7)(H2,5,9,10). The van der Waals surface area contributed by atoms with E-state index in [-0.39, 0.29) is 11.6 Å². The molecule has 0 atom stereocenters. The maximum absolute atomic E-state index is 10.4. The Bertz CT molecular complexity index is 375. The van der Waals surface area contributed by atoms with Gasteiger partial charge in [-0.1, -0.05) is 0 Å². The molecule has 0 unspecified atom stereocenters. The fourth-order valence-electron chi connectivity index (χ4n) is 0.457. The molecule has 0 aliphatic carbocycles. The minimum Gasteiger partial charge on any atom is -0.379 e. The van der Waals surface area contributed by atoms with Gasteiger partial charge < -0.3 is 9.92 Å². The molecule has 0 amide bonds. The van der Waals surface area contributed by atoms with Crippen molar-refractivity contribution in [3.63, 3.8) is 0 Å². The topological polar surface area (TPSA) is 134 Å². The van der Waals surface area contributed by atoms with Crippen molar-refractivity contribution in [1.29, 1.82) is 0 Å². The zero-order chi connectivity index (χ0) is 9.19. The van der Waals surface area contributed by atoms with Gasteiger partial charge in [-0.3, -0.25) is 0 Å². The van der Waals surface area contributed by atoms with Crippen molar-refractivity contribution in [2.45, 2.75) is 0 Å². The Hall–Kier alpha value is -1.48. The molecule has 0 aliphatic rings. The summed E-state index contributed by atoms with van der Waals surface area (Å²) in [6.07, 6.45) is 0.993. The molecule has 0 aliphatic heterocycles. The second-order valence-electron chi connectivity index (χ2n) is 1.76. The van der Waals surface area contributed by atoms with E-state index in [9.17, 15) is 8.42 Å². The lowest BCUT2D eigenvalue weighted by Gasteiger charge is -2.01. The summed E-state index contributed by atoms with van der Waals surface area (Å²) in [5.41, 5.74) is 5.17. The van der Waals surface area contributed by atoms with E-state index in [0.29, 0.717) is 0 Å². The van der Waals surface area contributed by atoms with Crippen molar-refractivity contribution in [3.8, 4) is 5.75 Å². The Morgan fingerprint density at radius 3 is 2.67 bits per heavy atom. The molecule has 1 heterocycles. The Morgan fingerprint density at radius 2 is 2.17 bits per heavy atom.